The summed E-state index contributed by atoms with van der Waals surface area (Å²) in [6.07, 6.45) is 3.39. The fourth-order valence-corrected chi connectivity index (χ4v) is 1.17. The molecule has 0 bridgehead atoms. The van der Waals surface area contributed by atoms with E-state index in [-0.39, 0.29) is 0 Å². The van der Waals surface area contributed by atoms with E-state index in [9.17, 15) is 0 Å². The van der Waals surface area contributed by atoms with Crippen LogP contribution in [0.3, 0.4) is 0 Å². The zero-order valence-electron chi connectivity index (χ0n) is 8.49. The van der Waals surface area contributed by atoms with E-state index in [1.807, 2.05) is 6.07 Å². The fourth-order valence-electron chi connectivity index (χ4n) is 0.980. The first-order chi connectivity index (χ1) is 7.27. The zero-order valence-corrected chi connectivity index (χ0v) is 9.30. The van der Waals surface area contributed by atoms with E-state index < -0.39 is 0 Å². The molecule has 5 heteroatoms. The molecule has 0 atom stereocenters. The molecule has 0 spiro atoms. The molecule has 0 aromatic carbocycles. The minimum atomic E-state index is 0.514. The monoisotopic (exact) mass is 223 g/mol. The normalized spacial score (nSPS) is 9.13. The van der Waals surface area contributed by atoms with Crippen LogP contribution in [0.1, 0.15) is 0 Å². The summed E-state index contributed by atoms with van der Waals surface area (Å²) in [6.45, 7) is 4.21. The standard InChI is InChI=1S/C10H13N3OS/c1-3-6-12-10(15)13-8-5-4-7-11-9(8)14-2/h3-5,7H,1,6H2,2H3,(H2,12,13,15). The Morgan fingerprint density at radius 2 is 2.53 bits per heavy atom. The highest BCUT2D eigenvalue weighted by Crippen LogP contribution is 2.19. The second kappa shape index (κ2) is 5.98. The molecule has 0 aliphatic carbocycles. The minimum Gasteiger partial charge on any atom is -0.480 e. The fraction of sp³-hybridized carbons (Fsp3) is 0.200. The van der Waals surface area contributed by atoms with Crippen LogP contribution in [0, 0.1) is 0 Å². The summed E-state index contributed by atoms with van der Waals surface area (Å²) in [5, 5.41) is 6.45. The molecule has 0 fully saturated rings. The third-order valence-corrected chi connectivity index (χ3v) is 1.87. The molecule has 0 saturated carbocycles. The van der Waals surface area contributed by atoms with Gasteiger partial charge in [-0.1, -0.05) is 6.08 Å². The van der Waals surface area contributed by atoms with Crippen molar-refractivity contribution in [3.8, 4) is 5.88 Å². The van der Waals surface area contributed by atoms with Crippen molar-refractivity contribution in [1.82, 2.24) is 10.3 Å². The molecule has 1 aromatic heterocycles. The third-order valence-electron chi connectivity index (χ3n) is 1.62. The lowest BCUT2D eigenvalue weighted by Crippen LogP contribution is -2.28. The first-order valence-electron chi connectivity index (χ1n) is 4.42. The maximum atomic E-state index is 5.07. The molecule has 0 saturated heterocycles. The topological polar surface area (TPSA) is 46.2 Å². The van der Waals surface area contributed by atoms with Gasteiger partial charge in [-0.15, -0.1) is 6.58 Å². The first-order valence-corrected chi connectivity index (χ1v) is 4.83. The van der Waals surface area contributed by atoms with E-state index in [1.54, 1.807) is 25.4 Å². The van der Waals surface area contributed by atoms with Crippen molar-refractivity contribution in [1.29, 1.82) is 0 Å². The highest BCUT2D eigenvalue weighted by atomic mass is 32.1. The van der Waals surface area contributed by atoms with Crippen molar-refractivity contribution in [2.75, 3.05) is 19.0 Å². The third kappa shape index (κ3) is 3.55. The highest BCUT2D eigenvalue weighted by molar-refractivity contribution is 7.80. The van der Waals surface area contributed by atoms with Crippen LogP contribution < -0.4 is 15.4 Å². The van der Waals surface area contributed by atoms with Crippen molar-refractivity contribution in [2.24, 2.45) is 0 Å². The van der Waals surface area contributed by atoms with Crippen LogP contribution in [0.4, 0.5) is 5.69 Å². The Kier molecular flexibility index (Phi) is 4.56. The molecule has 1 rings (SSSR count). The second-order valence-corrected chi connectivity index (χ2v) is 3.09. The lowest BCUT2D eigenvalue weighted by molar-refractivity contribution is 0.400. The SMILES string of the molecule is C=CCNC(=S)Nc1cccnc1OC. The highest BCUT2D eigenvalue weighted by Gasteiger charge is 2.03. The molecule has 0 amide bonds. The average Bonchev–Trinajstić information content (AvgIpc) is 2.27. The van der Waals surface area contributed by atoms with Gasteiger partial charge in [0.2, 0.25) is 5.88 Å². The second-order valence-electron chi connectivity index (χ2n) is 2.68. The summed E-state index contributed by atoms with van der Waals surface area (Å²) in [6, 6.07) is 3.65. The summed E-state index contributed by atoms with van der Waals surface area (Å²) < 4.78 is 5.07. The van der Waals surface area contributed by atoms with Crippen LogP contribution in [0.15, 0.2) is 31.0 Å². The smallest absolute Gasteiger partial charge is 0.237 e. The van der Waals surface area contributed by atoms with Crippen LogP contribution in [0.2, 0.25) is 0 Å². The van der Waals surface area contributed by atoms with Gasteiger partial charge < -0.3 is 15.4 Å². The molecule has 80 valence electrons. The van der Waals surface area contributed by atoms with Gasteiger partial charge in [0.1, 0.15) is 5.69 Å². The molecule has 0 aliphatic rings. The van der Waals surface area contributed by atoms with Crippen molar-refractivity contribution in [3.05, 3.63) is 31.0 Å². The number of hydrogen-bond acceptors (Lipinski definition) is 3. The van der Waals surface area contributed by atoms with Gasteiger partial charge in [0.15, 0.2) is 5.11 Å². The molecule has 2 N–H and O–H groups in total. The molecule has 0 aliphatic heterocycles. The van der Waals surface area contributed by atoms with E-state index in [0.717, 1.165) is 5.69 Å². The minimum absolute atomic E-state index is 0.514. The number of hydrogen-bond donors (Lipinski definition) is 2. The number of anilines is 1. The summed E-state index contributed by atoms with van der Waals surface area (Å²) in [7, 11) is 1.56. The van der Waals surface area contributed by atoms with Gasteiger partial charge in [-0.3, -0.25) is 0 Å². The predicted molar refractivity (Wildman–Crippen MR) is 65.2 cm³/mol. The molecule has 1 heterocycles. The van der Waals surface area contributed by atoms with Crippen molar-refractivity contribution in [2.45, 2.75) is 0 Å². The maximum absolute atomic E-state index is 5.07. The Labute approximate surface area is 94.4 Å². The van der Waals surface area contributed by atoms with Gasteiger partial charge in [0, 0.05) is 12.7 Å². The van der Waals surface area contributed by atoms with E-state index >= 15 is 0 Å². The first kappa shape index (κ1) is 11.5. The summed E-state index contributed by atoms with van der Waals surface area (Å²) in [5.41, 5.74) is 0.738. The van der Waals surface area contributed by atoms with E-state index in [2.05, 4.69) is 22.2 Å². The molecule has 4 nitrogen and oxygen atoms in total. The molecule has 0 unspecified atom stereocenters. The van der Waals surface area contributed by atoms with Gasteiger partial charge in [0.25, 0.3) is 0 Å². The number of aromatic nitrogens is 1. The Morgan fingerprint density at radius 1 is 1.73 bits per heavy atom. The number of thiocarbonyl (C=S) groups is 1. The quantitative estimate of drug-likeness (QED) is 0.599. The maximum Gasteiger partial charge on any atom is 0.237 e. The molecule has 15 heavy (non-hydrogen) atoms. The molecular weight excluding hydrogens is 210 g/mol. The number of nitrogens with one attached hydrogen (secondary N) is 2. The van der Waals surface area contributed by atoms with Crippen LogP contribution in [0.5, 0.6) is 5.88 Å². The van der Waals surface area contributed by atoms with Crippen molar-refractivity contribution in [3.63, 3.8) is 0 Å². The van der Waals surface area contributed by atoms with Crippen molar-refractivity contribution >= 4 is 23.0 Å². The van der Waals surface area contributed by atoms with E-state index in [1.165, 1.54) is 0 Å². The molecule has 1 aromatic rings. The summed E-state index contributed by atoms with van der Waals surface area (Å²) >= 11 is 5.06. The Balaban J connectivity index is 2.63. The van der Waals surface area contributed by atoms with Gasteiger partial charge in [-0.25, -0.2) is 4.98 Å². The van der Waals surface area contributed by atoms with Crippen molar-refractivity contribution < 1.29 is 4.74 Å². The summed E-state index contributed by atoms with van der Waals surface area (Å²) in [5.74, 6) is 0.514. The lowest BCUT2D eigenvalue weighted by Gasteiger charge is -2.10. The number of pyridine rings is 1. The predicted octanol–water partition coefficient (Wildman–Crippen LogP) is 1.56. The Hall–Kier alpha value is -1.62. The number of methoxy groups -OCH3 is 1. The number of rotatable bonds is 4. The number of ether oxygens (including phenoxy) is 1. The van der Waals surface area contributed by atoms with Crippen LogP contribution in [-0.4, -0.2) is 23.8 Å². The summed E-state index contributed by atoms with van der Waals surface area (Å²) in [4.78, 5) is 4.04. The van der Waals surface area contributed by atoms with Gasteiger partial charge >= 0.3 is 0 Å². The number of nitrogens with zero attached hydrogens (tertiary/aromatic N) is 1. The van der Waals surface area contributed by atoms with E-state index in [4.69, 9.17) is 17.0 Å². The van der Waals surface area contributed by atoms with E-state index in [0.29, 0.717) is 17.5 Å². The van der Waals surface area contributed by atoms with Gasteiger partial charge in [0.05, 0.1) is 7.11 Å². The zero-order chi connectivity index (χ0) is 11.1. The average molecular weight is 223 g/mol. The Bertz CT molecular complexity index is 354. The Morgan fingerprint density at radius 3 is 3.20 bits per heavy atom. The van der Waals surface area contributed by atoms with Crippen LogP contribution in [0.25, 0.3) is 0 Å². The molecular formula is C10H13N3OS. The van der Waals surface area contributed by atoms with Gasteiger partial charge in [-0.2, -0.15) is 0 Å². The molecule has 0 radical (unpaired) electrons. The van der Waals surface area contributed by atoms with Crippen LogP contribution >= 0.6 is 12.2 Å². The lowest BCUT2D eigenvalue weighted by atomic mass is 10.4. The van der Waals surface area contributed by atoms with Crippen LogP contribution in [-0.2, 0) is 0 Å². The largest absolute Gasteiger partial charge is 0.480 e. The van der Waals surface area contributed by atoms with Gasteiger partial charge in [-0.05, 0) is 24.4 Å².